The molecule has 5 nitrogen and oxygen atoms in total. The fraction of sp³-hybridized carbons (Fsp3) is 0.239. The molecule has 0 atom stereocenters. The van der Waals surface area contributed by atoms with Gasteiger partial charge in [0, 0.05) is 77.6 Å². The van der Waals surface area contributed by atoms with Crippen LogP contribution in [0.15, 0.2) is 194 Å². The normalized spacial score (nSPS) is 13.2. The number of pyridine rings is 1. The van der Waals surface area contributed by atoms with E-state index < -0.39 is 0 Å². The van der Waals surface area contributed by atoms with Crippen molar-refractivity contribution in [3.8, 4) is 17.3 Å². The van der Waals surface area contributed by atoms with E-state index in [0.717, 1.165) is 50.4 Å². The van der Waals surface area contributed by atoms with Gasteiger partial charge in [-0.2, -0.15) is 12.1 Å². The van der Waals surface area contributed by atoms with Crippen molar-refractivity contribution in [3.05, 3.63) is 258 Å². The molecule has 8 aromatic carbocycles. The Bertz CT molecular complexity index is 3700. The summed E-state index contributed by atoms with van der Waals surface area (Å²) < 4.78 is 9.08. The Balaban J connectivity index is 0.00000672. The summed E-state index contributed by atoms with van der Waals surface area (Å²) in [7, 11) is 0. The van der Waals surface area contributed by atoms with Gasteiger partial charge in [0.25, 0.3) is 0 Å². The van der Waals surface area contributed by atoms with Crippen molar-refractivity contribution in [3.63, 3.8) is 0 Å². The van der Waals surface area contributed by atoms with Crippen LogP contribution in [0.5, 0.6) is 11.5 Å². The fourth-order valence-electron chi connectivity index (χ4n) is 10.9. The molecule has 1 aliphatic heterocycles. The van der Waals surface area contributed by atoms with E-state index in [1.165, 1.54) is 44.5 Å². The van der Waals surface area contributed by atoms with Crippen LogP contribution in [-0.4, -0.2) is 9.55 Å². The van der Waals surface area contributed by atoms with Gasteiger partial charge < -0.3 is 19.1 Å². The number of nitrogens with zero attached hydrogens (tertiary/aromatic N) is 4. The number of anilines is 4. The van der Waals surface area contributed by atoms with Gasteiger partial charge in [0.05, 0.1) is 0 Å². The maximum Gasteiger partial charge on any atom is 0.135 e. The summed E-state index contributed by atoms with van der Waals surface area (Å²) in [6.07, 6.45) is 1.92. The average Bonchev–Trinajstić information content (AvgIpc) is 4.03. The Kier molecular flexibility index (Phi) is 13.8. The first-order valence-electron chi connectivity index (χ1n) is 26.8. The first kappa shape index (κ1) is 53.2. The van der Waals surface area contributed by atoms with Crippen molar-refractivity contribution >= 4 is 44.6 Å². The minimum absolute atomic E-state index is 0. The molecule has 1 aliphatic rings. The van der Waals surface area contributed by atoms with Gasteiger partial charge in [-0.25, -0.2) is 4.98 Å². The zero-order valence-electron chi connectivity index (χ0n) is 46.6. The predicted octanol–water partition coefficient (Wildman–Crippen LogP) is 18.6. The number of hydrogen-bond donors (Lipinski definition) is 0. The van der Waals surface area contributed by atoms with Crippen molar-refractivity contribution in [2.75, 3.05) is 9.80 Å². The number of ether oxygens (including phenoxy) is 1. The molecule has 0 saturated carbocycles. The van der Waals surface area contributed by atoms with Gasteiger partial charge in [-0.15, -0.1) is 48.1 Å². The van der Waals surface area contributed by atoms with Crippen molar-refractivity contribution in [1.82, 2.24) is 9.55 Å². The fourth-order valence-corrected chi connectivity index (χ4v) is 10.9. The van der Waals surface area contributed by atoms with Crippen LogP contribution in [0.2, 0.25) is 0 Å². The molecular weight excluding hydrogens is 1120 g/mol. The summed E-state index contributed by atoms with van der Waals surface area (Å²) >= 11 is 0. The second-order valence-corrected chi connectivity index (χ2v) is 24.4. The summed E-state index contributed by atoms with van der Waals surface area (Å²) in [6.45, 7) is 29.8. The molecule has 0 aliphatic carbocycles. The van der Waals surface area contributed by atoms with Gasteiger partial charge >= 0.3 is 0 Å². The molecule has 2 aromatic heterocycles. The van der Waals surface area contributed by atoms with Crippen molar-refractivity contribution in [1.29, 1.82) is 0 Å². The predicted molar refractivity (Wildman–Crippen MR) is 317 cm³/mol. The second-order valence-electron chi connectivity index (χ2n) is 24.4. The van der Waals surface area contributed by atoms with E-state index in [2.05, 4.69) is 292 Å². The van der Waals surface area contributed by atoms with E-state index in [4.69, 9.17) is 9.72 Å². The van der Waals surface area contributed by atoms with Crippen molar-refractivity contribution in [2.45, 2.75) is 110 Å². The maximum absolute atomic E-state index is 6.84. The van der Waals surface area contributed by atoms with Crippen LogP contribution in [0.1, 0.15) is 128 Å². The molecule has 77 heavy (non-hydrogen) atoms. The molecule has 392 valence electrons. The number of fused-ring (bicyclic) bond motifs is 4. The van der Waals surface area contributed by atoms with E-state index in [-0.39, 0.29) is 48.1 Å². The monoisotopic (exact) mass is 1190 g/mol. The van der Waals surface area contributed by atoms with E-state index >= 15 is 0 Å². The van der Waals surface area contributed by atoms with E-state index in [9.17, 15) is 0 Å². The van der Waals surface area contributed by atoms with Gasteiger partial charge in [-0.05, 0) is 103 Å². The molecular formula is C71H69N4OPt-3. The number of benzene rings is 8. The van der Waals surface area contributed by atoms with Gasteiger partial charge in [-0.3, -0.25) is 0 Å². The molecule has 10 aromatic rings. The quantitative estimate of drug-likeness (QED) is 0.121. The molecule has 11 rings (SSSR count). The van der Waals surface area contributed by atoms with Crippen LogP contribution < -0.4 is 14.5 Å². The zero-order valence-corrected chi connectivity index (χ0v) is 48.8. The molecule has 0 spiro atoms. The first-order chi connectivity index (χ1) is 36.2. The zero-order chi connectivity index (χ0) is 53.4. The molecule has 6 heteroatoms. The van der Waals surface area contributed by atoms with E-state index in [0.29, 0.717) is 11.5 Å². The molecule has 0 amide bonds. The SMILES string of the molecule is CC(C)(C)c1ccnc(-n2c3[c-]c(Oc4[c-]c(N5[CH-]N(c6cc(C(C)(C)c7ccccc7)cc(C(C)(C)c7ccccc7)c6)c6cc(C(C)(C)C)ccc65)ccc4)ccc3c3cc(C(C)(C)c4ccccc4)ccc32)c1.[Pt]. The maximum atomic E-state index is 6.84. The van der Waals surface area contributed by atoms with Crippen LogP contribution in [0.3, 0.4) is 0 Å². The molecule has 0 N–H and O–H groups in total. The van der Waals surface area contributed by atoms with Crippen LogP contribution in [-0.2, 0) is 48.1 Å². The third-order valence-corrected chi connectivity index (χ3v) is 16.2. The van der Waals surface area contributed by atoms with E-state index in [1.807, 2.05) is 18.3 Å². The number of rotatable bonds is 11. The number of hydrogen-bond acceptors (Lipinski definition) is 4. The van der Waals surface area contributed by atoms with Crippen LogP contribution in [0, 0.1) is 18.8 Å². The summed E-state index contributed by atoms with van der Waals surface area (Å²) in [6, 6.07) is 75.6. The first-order valence-corrected chi connectivity index (χ1v) is 26.8. The topological polar surface area (TPSA) is 33.5 Å². The smallest absolute Gasteiger partial charge is 0.135 e. The second kappa shape index (κ2) is 20.0. The Hall–Kier alpha value is -7.20. The van der Waals surface area contributed by atoms with Crippen LogP contribution in [0.25, 0.3) is 27.6 Å². The van der Waals surface area contributed by atoms with Gasteiger partial charge in [0.1, 0.15) is 5.82 Å². The Morgan fingerprint density at radius 3 is 1.55 bits per heavy atom. The molecule has 0 bridgehead atoms. The van der Waals surface area contributed by atoms with Crippen LogP contribution in [0.4, 0.5) is 22.7 Å². The Labute approximate surface area is 471 Å². The summed E-state index contributed by atoms with van der Waals surface area (Å²) in [5.41, 5.74) is 15.2. The van der Waals surface area contributed by atoms with Crippen molar-refractivity contribution in [2.24, 2.45) is 0 Å². The molecule has 3 heterocycles. The number of aromatic nitrogens is 2. The van der Waals surface area contributed by atoms with Gasteiger partial charge in [0.2, 0.25) is 0 Å². The third-order valence-electron chi connectivity index (χ3n) is 16.2. The third kappa shape index (κ3) is 9.93. The van der Waals surface area contributed by atoms with E-state index in [1.54, 1.807) is 0 Å². The van der Waals surface area contributed by atoms with Gasteiger partial charge in [0.15, 0.2) is 0 Å². The molecule has 0 fully saturated rings. The summed E-state index contributed by atoms with van der Waals surface area (Å²) in [4.78, 5) is 9.61. The summed E-state index contributed by atoms with van der Waals surface area (Å²) in [5, 5.41) is 2.22. The Morgan fingerprint density at radius 2 is 0.961 bits per heavy atom. The van der Waals surface area contributed by atoms with Crippen molar-refractivity contribution < 1.29 is 25.8 Å². The molecule has 0 unspecified atom stereocenters. The standard InChI is InChI=1S/C71H69N4O.Pt/c1-67(2,3)51-31-36-63-65(43-51)74(57-40-54(70(9,10)49-25-18-14-19-26-49)39-55(41-57)71(11,12)50-27-20-15-21-28-50)47-73(63)56-29-22-30-58(45-56)76-59-33-34-60-61-42-53(69(7,8)48-23-16-13-17-24-48)32-35-62(61)75(64(60)46-59)66-44-52(37-38-72-66)68(4,5)6;/h13-44,47H,1-12H3;/q-3;. The van der Waals surface area contributed by atoms with Crippen LogP contribution >= 0.6 is 0 Å². The van der Waals surface area contributed by atoms with Gasteiger partial charge in [-0.1, -0.05) is 204 Å². The summed E-state index contributed by atoms with van der Waals surface area (Å²) in [5.74, 6) is 2.03. The average molecular weight is 1190 g/mol. The largest absolute Gasteiger partial charge is 0.509 e. The minimum Gasteiger partial charge on any atom is -0.509 e. The Morgan fingerprint density at radius 1 is 0.416 bits per heavy atom. The molecule has 0 radical (unpaired) electrons. The minimum atomic E-state index is -0.280. The molecule has 0 saturated heterocycles.